The van der Waals surface area contributed by atoms with Crippen molar-refractivity contribution >= 4 is 27.8 Å². The van der Waals surface area contributed by atoms with Gasteiger partial charge in [0, 0.05) is 40.1 Å². The number of aromatic carboxylic acids is 1. The van der Waals surface area contributed by atoms with Crippen molar-refractivity contribution in [2.75, 3.05) is 0 Å². The molecular weight excluding hydrogens is 396 g/mol. The minimum atomic E-state index is -0.853. The summed E-state index contributed by atoms with van der Waals surface area (Å²) in [6.45, 7) is 3.14. The fourth-order valence-electron chi connectivity index (χ4n) is 6.27. The molecule has 0 saturated heterocycles. The molecule has 4 heteroatoms. The van der Waals surface area contributed by atoms with E-state index in [2.05, 4.69) is 40.9 Å². The summed E-state index contributed by atoms with van der Waals surface area (Å²) in [5.74, 6) is -0.310. The molecule has 1 aliphatic heterocycles. The van der Waals surface area contributed by atoms with Gasteiger partial charge in [0.15, 0.2) is 0 Å². The summed E-state index contributed by atoms with van der Waals surface area (Å²) >= 11 is 0. The number of nitrogens with zero attached hydrogens (tertiary/aromatic N) is 1. The van der Waals surface area contributed by atoms with Gasteiger partial charge in [-0.15, -0.1) is 0 Å². The number of fused-ring (bicyclic) bond motifs is 4. The summed E-state index contributed by atoms with van der Waals surface area (Å²) in [5.41, 5.74) is 9.61. The molecule has 4 aromatic rings. The lowest BCUT2D eigenvalue weighted by molar-refractivity contribution is 0.0697. The standard InChI is InChI=1S/C28H30N2O2/c1-2-17-13-19-9-6-12-30-24-15-20(28(31)32)10-11-21(24)26(18-7-4-3-5-8-18)27(30)22-16-29-23(14-17)25(19)22/h10-11,13-16,18,29H,2-9,12H2,1H3,(H,31,32). The van der Waals surface area contributed by atoms with Crippen molar-refractivity contribution in [3.8, 4) is 11.3 Å². The average molecular weight is 427 g/mol. The van der Waals surface area contributed by atoms with E-state index in [0.29, 0.717) is 11.5 Å². The second kappa shape index (κ2) is 7.54. The third-order valence-corrected chi connectivity index (χ3v) is 7.78. The van der Waals surface area contributed by atoms with Crippen LogP contribution in [0.15, 0.2) is 36.5 Å². The molecule has 3 heterocycles. The number of hydrogen-bond donors (Lipinski definition) is 2. The summed E-state index contributed by atoms with van der Waals surface area (Å²) in [7, 11) is 0. The smallest absolute Gasteiger partial charge is 0.335 e. The monoisotopic (exact) mass is 426 g/mol. The topological polar surface area (TPSA) is 58.0 Å². The van der Waals surface area contributed by atoms with Crippen LogP contribution in [0.5, 0.6) is 0 Å². The molecule has 2 aromatic carbocycles. The van der Waals surface area contributed by atoms with Crippen molar-refractivity contribution < 1.29 is 9.90 Å². The van der Waals surface area contributed by atoms with Crippen molar-refractivity contribution in [3.05, 3.63) is 58.8 Å². The van der Waals surface area contributed by atoms with Crippen LogP contribution in [0.2, 0.25) is 0 Å². The first kappa shape index (κ1) is 19.7. The minimum Gasteiger partial charge on any atom is -0.478 e. The molecule has 2 aromatic heterocycles. The zero-order valence-electron chi connectivity index (χ0n) is 18.7. The maximum Gasteiger partial charge on any atom is 0.335 e. The van der Waals surface area contributed by atoms with E-state index in [4.69, 9.17) is 0 Å². The lowest BCUT2D eigenvalue weighted by atomic mass is 9.81. The summed E-state index contributed by atoms with van der Waals surface area (Å²) in [4.78, 5) is 15.4. The number of carbonyl (C=O) groups is 1. The van der Waals surface area contributed by atoms with Crippen LogP contribution in [-0.4, -0.2) is 20.6 Å². The molecule has 1 fully saturated rings. The number of carboxylic acids is 1. The summed E-state index contributed by atoms with van der Waals surface area (Å²) in [5, 5.41) is 12.3. The molecule has 0 bridgehead atoms. The van der Waals surface area contributed by atoms with Gasteiger partial charge in [-0.3, -0.25) is 0 Å². The van der Waals surface area contributed by atoms with E-state index >= 15 is 0 Å². The van der Waals surface area contributed by atoms with Crippen molar-refractivity contribution in [3.63, 3.8) is 0 Å². The van der Waals surface area contributed by atoms with Crippen LogP contribution in [0.1, 0.15) is 78.4 Å². The molecular formula is C28H30N2O2. The van der Waals surface area contributed by atoms with Gasteiger partial charge in [-0.1, -0.05) is 38.3 Å². The number of H-pyrrole nitrogens is 1. The Morgan fingerprint density at radius 1 is 1.12 bits per heavy atom. The van der Waals surface area contributed by atoms with Gasteiger partial charge in [-0.25, -0.2) is 4.79 Å². The van der Waals surface area contributed by atoms with E-state index in [9.17, 15) is 9.90 Å². The van der Waals surface area contributed by atoms with Crippen LogP contribution in [0.3, 0.4) is 0 Å². The fraction of sp³-hybridized carbons (Fsp3) is 0.393. The normalized spacial score (nSPS) is 16.8. The molecule has 164 valence electrons. The number of nitrogens with one attached hydrogen (secondary N) is 1. The molecule has 2 aliphatic rings. The van der Waals surface area contributed by atoms with Gasteiger partial charge in [-0.2, -0.15) is 0 Å². The number of benzene rings is 2. The largest absolute Gasteiger partial charge is 0.478 e. The van der Waals surface area contributed by atoms with E-state index in [1.165, 1.54) is 76.3 Å². The van der Waals surface area contributed by atoms with E-state index in [0.717, 1.165) is 31.3 Å². The maximum absolute atomic E-state index is 11.8. The first-order valence-corrected chi connectivity index (χ1v) is 12.2. The molecule has 1 aliphatic carbocycles. The van der Waals surface area contributed by atoms with Gasteiger partial charge in [0.2, 0.25) is 0 Å². The maximum atomic E-state index is 11.8. The first-order chi connectivity index (χ1) is 15.7. The van der Waals surface area contributed by atoms with E-state index in [1.54, 1.807) is 6.07 Å². The van der Waals surface area contributed by atoms with E-state index in [1.807, 2.05) is 6.07 Å². The number of aromatic amines is 1. The number of aromatic nitrogens is 2. The Balaban J connectivity index is 1.70. The van der Waals surface area contributed by atoms with Crippen LogP contribution in [0.4, 0.5) is 0 Å². The third-order valence-electron chi connectivity index (χ3n) is 7.78. The fourth-order valence-corrected chi connectivity index (χ4v) is 6.27. The zero-order chi connectivity index (χ0) is 21.8. The molecule has 32 heavy (non-hydrogen) atoms. The molecule has 0 atom stereocenters. The Bertz CT molecular complexity index is 1350. The highest BCUT2D eigenvalue weighted by atomic mass is 16.4. The Hall–Kier alpha value is -3.01. The Morgan fingerprint density at radius 3 is 2.75 bits per heavy atom. The molecule has 4 nitrogen and oxygen atoms in total. The lowest BCUT2D eigenvalue weighted by Crippen LogP contribution is -2.09. The van der Waals surface area contributed by atoms with Gasteiger partial charge in [0.25, 0.3) is 0 Å². The van der Waals surface area contributed by atoms with Crippen LogP contribution < -0.4 is 0 Å². The minimum absolute atomic E-state index is 0.377. The number of aryl methyl sites for hydroxylation is 3. The van der Waals surface area contributed by atoms with Gasteiger partial charge in [0.05, 0.1) is 11.3 Å². The summed E-state index contributed by atoms with van der Waals surface area (Å²) in [6, 6.07) is 10.5. The quantitative estimate of drug-likeness (QED) is 0.369. The predicted octanol–water partition coefficient (Wildman–Crippen LogP) is 7.04. The number of rotatable bonds is 3. The zero-order valence-corrected chi connectivity index (χ0v) is 18.7. The Kier molecular flexibility index (Phi) is 4.63. The Labute approximate surface area is 188 Å². The second-order valence-electron chi connectivity index (χ2n) is 9.62. The van der Waals surface area contributed by atoms with Gasteiger partial charge in [0.1, 0.15) is 0 Å². The van der Waals surface area contributed by atoms with Crippen molar-refractivity contribution in [2.45, 2.75) is 70.8 Å². The van der Waals surface area contributed by atoms with Gasteiger partial charge < -0.3 is 14.7 Å². The lowest BCUT2D eigenvalue weighted by Gasteiger charge is -2.24. The second-order valence-corrected chi connectivity index (χ2v) is 9.62. The van der Waals surface area contributed by atoms with Gasteiger partial charge >= 0.3 is 5.97 Å². The highest BCUT2D eigenvalue weighted by Gasteiger charge is 2.29. The third kappa shape index (κ3) is 2.92. The highest BCUT2D eigenvalue weighted by Crippen LogP contribution is 2.47. The van der Waals surface area contributed by atoms with Crippen LogP contribution >= 0.6 is 0 Å². The molecule has 2 N–H and O–H groups in total. The van der Waals surface area contributed by atoms with E-state index in [-0.39, 0.29) is 0 Å². The number of hydrogen-bond acceptors (Lipinski definition) is 1. The molecule has 0 radical (unpaired) electrons. The van der Waals surface area contributed by atoms with Crippen LogP contribution in [0, 0.1) is 0 Å². The molecule has 1 saturated carbocycles. The average Bonchev–Trinajstić information content (AvgIpc) is 3.36. The summed E-state index contributed by atoms with van der Waals surface area (Å²) < 4.78 is 2.44. The molecule has 6 rings (SSSR count). The summed E-state index contributed by atoms with van der Waals surface area (Å²) in [6.07, 6.45) is 11.7. The number of carboxylic acid groups (broad SMARTS) is 1. The van der Waals surface area contributed by atoms with Crippen molar-refractivity contribution in [1.29, 1.82) is 0 Å². The molecule has 0 amide bonds. The van der Waals surface area contributed by atoms with Gasteiger partial charge in [-0.05, 0) is 72.9 Å². The van der Waals surface area contributed by atoms with Crippen LogP contribution in [-0.2, 0) is 19.4 Å². The highest BCUT2D eigenvalue weighted by molar-refractivity contribution is 6.04. The predicted molar refractivity (Wildman–Crippen MR) is 130 cm³/mol. The first-order valence-electron chi connectivity index (χ1n) is 12.2. The SMILES string of the molecule is CCc1cc2c3c(c[nH]c3c1)-c1c(C3CCCCC3)c3ccc(C(=O)O)cc3n1CCC2. The van der Waals surface area contributed by atoms with Crippen molar-refractivity contribution in [1.82, 2.24) is 9.55 Å². The molecule has 0 unspecified atom stereocenters. The van der Waals surface area contributed by atoms with Crippen molar-refractivity contribution in [2.24, 2.45) is 0 Å². The van der Waals surface area contributed by atoms with Crippen LogP contribution in [0.25, 0.3) is 33.1 Å². The van der Waals surface area contributed by atoms with E-state index < -0.39 is 5.97 Å². The Morgan fingerprint density at radius 2 is 1.97 bits per heavy atom. The molecule has 0 spiro atoms.